The van der Waals surface area contributed by atoms with E-state index in [4.69, 9.17) is 4.42 Å². The van der Waals surface area contributed by atoms with Crippen LogP contribution in [0.25, 0.3) is 11.0 Å². The number of carbonyl (C=O) groups is 1. The molecule has 1 aromatic heterocycles. The van der Waals surface area contributed by atoms with E-state index < -0.39 is 0 Å². The fourth-order valence-corrected chi connectivity index (χ4v) is 5.49. The van der Waals surface area contributed by atoms with Crippen molar-refractivity contribution in [3.8, 4) is 0 Å². The number of aryl methyl sites for hydroxylation is 1. The topological polar surface area (TPSA) is 42.2 Å². The lowest BCUT2D eigenvalue weighted by atomic mass is 9.84. The molecule has 4 rings (SSSR count). The molecular weight excluding hydrogens is 322 g/mol. The maximum Gasteiger partial charge on any atom is 0.224 e. The maximum absolute atomic E-state index is 12.7. The van der Waals surface area contributed by atoms with Gasteiger partial charge < -0.3 is 9.73 Å². The van der Waals surface area contributed by atoms with E-state index in [2.05, 4.69) is 45.1 Å². The van der Waals surface area contributed by atoms with Gasteiger partial charge in [0, 0.05) is 17.0 Å². The number of hydrogen-bond acceptors (Lipinski definition) is 2. The van der Waals surface area contributed by atoms with Crippen molar-refractivity contribution < 1.29 is 9.21 Å². The van der Waals surface area contributed by atoms with Crippen LogP contribution in [0, 0.1) is 24.7 Å². The lowest BCUT2D eigenvalue weighted by molar-refractivity contribution is -0.121. The number of rotatable bonds is 5. The van der Waals surface area contributed by atoms with E-state index in [1.807, 2.05) is 0 Å². The average molecular weight is 354 g/mol. The molecule has 0 radical (unpaired) electrons. The quantitative estimate of drug-likeness (QED) is 0.787. The molecule has 26 heavy (non-hydrogen) atoms. The summed E-state index contributed by atoms with van der Waals surface area (Å²) in [6.07, 6.45) is 7.61. The standard InChI is InChI=1S/C23H31NO2/c1-13(2)19-11-21-18(12-26-22(21)7-14(19)3)10-23(25)24-15(4)20-9-16-5-6-17(20)8-16/h7,11-13,15-17,20H,5-6,8-10H2,1-4H3,(H,24,25). The van der Waals surface area contributed by atoms with Crippen LogP contribution in [0.5, 0.6) is 0 Å². The van der Waals surface area contributed by atoms with Crippen molar-refractivity contribution in [2.75, 3.05) is 0 Å². The van der Waals surface area contributed by atoms with Gasteiger partial charge in [0.15, 0.2) is 0 Å². The summed E-state index contributed by atoms with van der Waals surface area (Å²) >= 11 is 0. The molecule has 2 fully saturated rings. The summed E-state index contributed by atoms with van der Waals surface area (Å²) in [5, 5.41) is 4.36. The summed E-state index contributed by atoms with van der Waals surface area (Å²) < 4.78 is 5.73. The fourth-order valence-electron chi connectivity index (χ4n) is 5.49. The third-order valence-corrected chi connectivity index (χ3v) is 6.84. The third kappa shape index (κ3) is 3.17. The predicted octanol–water partition coefficient (Wildman–Crippen LogP) is 5.35. The van der Waals surface area contributed by atoms with Crippen molar-refractivity contribution >= 4 is 16.9 Å². The highest BCUT2D eigenvalue weighted by molar-refractivity contribution is 5.88. The van der Waals surface area contributed by atoms with Gasteiger partial charge >= 0.3 is 0 Å². The van der Waals surface area contributed by atoms with Crippen LogP contribution in [-0.4, -0.2) is 11.9 Å². The number of fused-ring (bicyclic) bond motifs is 3. The largest absolute Gasteiger partial charge is 0.464 e. The van der Waals surface area contributed by atoms with E-state index in [0.29, 0.717) is 18.3 Å². The van der Waals surface area contributed by atoms with Gasteiger partial charge in [-0.05, 0) is 80.0 Å². The molecule has 1 aromatic carbocycles. The SMILES string of the molecule is Cc1cc2occ(CC(=O)NC(C)C3CC4CCC3C4)c2cc1C(C)C. The highest BCUT2D eigenvalue weighted by atomic mass is 16.3. The molecule has 3 nitrogen and oxygen atoms in total. The Labute approximate surface area is 156 Å². The number of furan rings is 1. The van der Waals surface area contributed by atoms with Crippen molar-refractivity contribution in [1.29, 1.82) is 0 Å². The molecule has 2 saturated carbocycles. The van der Waals surface area contributed by atoms with Crippen molar-refractivity contribution in [2.45, 2.75) is 71.8 Å². The number of benzene rings is 1. The zero-order chi connectivity index (χ0) is 18.4. The summed E-state index contributed by atoms with van der Waals surface area (Å²) in [6, 6.07) is 4.59. The number of amides is 1. The molecule has 0 spiro atoms. The summed E-state index contributed by atoms with van der Waals surface area (Å²) in [7, 11) is 0. The van der Waals surface area contributed by atoms with E-state index in [-0.39, 0.29) is 11.9 Å². The second kappa shape index (κ2) is 6.75. The van der Waals surface area contributed by atoms with Gasteiger partial charge in [0.1, 0.15) is 5.58 Å². The van der Waals surface area contributed by atoms with Gasteiger partial charge in [-0.3, -0.25) is 4.79 Å². The third-order valence-electron chi connectivity index (χ3n) is 6.84. The molecule has 2 aliphatic carbocycles. The van der Waals surface area contributed by atoms with E-state index in [1.54, 1.807) is 6.26 Å². The van der Waals surface area contributed by atoms with Crippen LogP contribution in [0.2, 0.25) is 0 Å². The van der Waals surface area contributed by atoms with Crippen molar-refractivity contribution in [3.63, 3.8) is 0 Å². The predicted molar refractivity (Wildman–Crippen MR) is 105 cm³/mol. The molecule has 1 heterocycles. The zero-order valence-corrected chi connectivity index (χ0v) is 16.5. The summed E-state index contributed by atoms with van der Waals surface area (Å²) in [5.41, 5.74) is 4.47. The Morgan fingerprint density at radius 3 is 2.69 bits per heavy atom. The lowest BCUT2D eigenvalue weighted by Gasteiger charge is -2.28. The molecular formula is C23H31NO2. The van der Waals surface area contributed by atoms with Gasteiger partial charge in [0.05, 0.1) is 12.7 Å². The van der Waals surface area contributed by atoms with Crippen molar-refractivity contribution in [3.05, 3.63) is 35.1 Å². The molecule has 1 amide bonds. The molecule has 3 heteroatoms. The van der Waals surface area contributed by atoms with E-state index in [1.165, 1.54) is 36.8 Å². The first-order valence-electron chi connectivity index (χ1n) is 10.2. The smallest absolute Gasteiger partial charge is 0.224 e. The van der Waals surface area contributed by atoms with Crippen LogP contribution in [0.3, 0.4) is 0 Å². The molecule has 0 saturated heterocycles. The zero-order valence-electron chi connectivity index (χ0n) is 16.5. The van der Waals surface area contributed by atoms with E-state index in [0.717, 1.165) is 28.4 Å². The molecule has 4 unspecified atom stereocenters. The molecule has 140 valence electrons. The Morgan fingerprint density at radius 1 is 1.23 bits per heavy atom. The molecule has 4 atom stereocenters. The average Bonchev–Trinajstić information content (AvgIpc) is 3.29. The van der Waals surface area contributed by atoms with Crippen LogP contribution in [-0.2, 0) is 11.2 Å². The normalized spacial score (nSPS) is 26.0. The monoisotopic (exact) mass is 353 g/mol. The molecule has 1 N–H and O–H groups in total. The van der Waals surface area contributed by atoms with E-state index >= 15 is 0 Å². The minimum atomic E-state index is 0.120. The Bertz CT molecular complexity index is 819. The van der Waals surface area contributed by atoms with Crippen LogP contribution in [0.15, 0.2) is 22.8 Å². The Balaban J connectivity index is 1.46. The first-order chi connectivity index (χ1) is 12.4. The first-order valence-corrected chi connectivity index (χ1v) is 10.2. The van der Waals surface area contributed by atoms with Crippen LogP contribution in [0.4, 0.5) is 0 Å². The maximum atomic E-state index is 12.7. The highest BCUT2D eigenvalue weighted by Gasteiger charge is 2.42. The minimum absolute atomic E-state index is 0.120. The second-order valence-electron chi connectivity index (χ2n) is 8.99. The molecule has 2 aromatic rings. The van der Waals surface area contributed by atoms with Crippen LogP contribution in [0.1, 0.15) is 69.1 Å². The minimum Gasteiger partial charge on any atom is -0.464 e. The molecule has 2 bridgehead atoms. The highest BCUT2D eigenvalue weighted by Crippen LogP contribution is 2.49. The Morgan fingerprint density at radius 2 is 2.04 bits per heavy atom. The van der Waals surface area contributed by atoms with Crippen molar-refractivity contribution in [2.24, 2.45) is 17.8 Å². The van der Waals surface area contributed by atoms with Gasteiger partial charge in [-0.15, -0.1) is 0 Å². The molecule has 2 aliphatic rings. The lowest BCUT2D eigenvalue weighted by Crippen LogP contribution is -2.40. The number of nitrogens with one attached hydrogen (secondary N) is 1. The number of carbonyl (C=O) groups excluding carboxylic acids is 1. The van der Waals surface area contributed by atoms with Gasteiger partial charge in [-0.25, -0.2) is 0 Å². The summed E-state index contributed by atoms with van der Waals surface area (Å²) in [4.78, 5) is 12.7. The summed E-state index contributed by atoms with van der Waals surface area (Å²) in [6.45, 7) is 8.73. The Hall–Kier alpha value is -1.77. The van der Waals surface area contributed by atoms with Crippen LogP contribution < -0.4 is 5.32 Å². The van der Waals surface area contributed by atoms with Gasteiger partial charge in [-0.2, -0.15) is 0 Å². The Kier molecular flexibility index (Phi) is 4.58. The summed E-state index contributed by atoms with van der Waals surface area (Å²) in [5.74, 6) is 3.01. The van der Waals surface area contributed by atoms with Gasteiger partial charge in [0.2, 0.25) is 5.91 Å². The fraction of sp³-hybridized carbons (Fsp3) is 0.609. The number of hydrogen-bond donors (Lipinski definition) is 1. The van der Waals surface area contributed by atoms with Crippen LogP contribution >= 0.6 is 0 Å². The first kappa shape index (κ1) is 17.6. The van der Waals surface area contributed by atoms with Crippen molar-refractivity contribution in [1.82, 2.24) is 5.32 Å². The molecule has 0 aliphatic heterocycles. The van der Waals surface area contributed by atoms with Gasteiger partial charge in [-0.1, -0.05) is 20.3 Å². The van der Waals surface area contributed by atoms with Gasteiger partial charge in [0.25, 0.3) is 0 Å². The van der Waals surface area contributed by atoms with E-state index in [9.17, 15) is 4.79 Å². The second-order valence-corrected chi connectivity index (χ2v) is 8.99.